The fraction of sp³-hybridized carbons (Fsp3) is 0.300. The molecule has 0 saturated carbocycles. The average Bonchev–Trinajstić information content (AvgIpc) is 2.16. The number of Topliss-reactive ketones (excluding diaryl/α,β-unsaturated/α-hetero) is 1. The second-order valence-corrected chi connectivity index (χ2v) is 3.45. The van der Waals surface area contributed by atoms with Gasteiger partial charge in [0.25, 0.3) is 5.78 Å². The minimum absolute atomic E-state index is 0.302. The molecule has 0 saturated heterocycles. The number of hydrogen-bond acceptors (Lipinski definition) is 1. The molecule has 0 unspecified atom stereocenters. The van der Waals surface area contributed by atoms with Gasteiger partial charge in [0.2, 0.25) is 0 Å². The van der Waals surface area contributed by atoms with Gasteiger partial charge in [0.05, 0.1) is 10.6 Å². The molecule has 0 aliphatic heterocycles. The van der Waals surface area contributed by atoms with Crippen LogP contribution < -0.4 is 0 Å². The number of alkyl halides is 3. The van der Waals surface area contributed by atoms with E-state index in [1.807, 2.05) is 0 Å². The summed E-state index contributed by atoms with van der Waals surface area (Å²) in [5, 5.41) is -0.468. The summed E-state index contributed by atoms with van der Waals surface area (Å²) in [5.74, 6) is -3.52. The van der Waals surface area contributed by atoms with Gasteiger partial charge in [-0.05, 0) is 18.1 Å². The summed E-state index contributed by atoms with van der Waals surface area (Å²) in [7, 11) is 0. The van der Waals surface area contributed by atoms with Crippen LogP contribution >= 0.6 is 11.6 Å². The van der Waals surface area contributed by atoms with Gasteiger partial charge < -0.3 is 0 Å². The van der Waals surface area contributed by atoms with Crippen LogP contribution in [0, 0.1) is 5.82 Å². The highest BCUT2D eigenvalue weighted by Crippen LogP contribution is 2.30. The van der Waals surface area contributed by atoms with E-state index in [0.29, 0.717) is 12.0 Å². The standard InChI is InChI=1S/C10H7ClF4O/c1-2-5-3-4-6(12)7(8(5)11)9(16)10(13,14)15/h3-4H,2H2,1H3. The highest BCUT2D eigenvalue weighted by molar-refractivity contribution is 6.35. The number of rotatable bonds is 2. The second-order valence-electron chi connectivity index (χ2n) is 3.08. The Morgan fingerprint density at radius 1 is 1.38 bits per heavy atom. The van der Waals surface area contributed by atoms with Crippen molar-refractivity contribution in [3.8, 4) is 0 Å². The van der Waals surface area contributed by atoms with Gasteiger partial charge in [-0.3, -0.25) is 4.79 Å². The van der Waals surface area contributed by atoms with E-state index in [4.69, 9.17) is 11.6 Å². The van der Waals surface area contributed by atoms with Crippen LogP contribution in [0.2, 0.25) is 5.02 Å². The summed E-state index contributed by atoms with van der Waals surface area (Å²) < 4.78 is 49.6. The normalized spacial score (nSPS) is 11.6. The number of halogens is 5. The van der Waals surface area contributed by atoms with Crippen molar-refractivity contribution in [1.82, 2.24) is 0 Å². The van der Waals surface area contributed by atoms with Gasteiger partial charge in [0.15, 0.2) is 0 Å². The number of carbonyl (C=O) groups is 1. The van der Waals surface area contributed by atoms with E-state index in [1.165, 1.54) is 6.07 Å². The van der Waals surface area contributed by atoms with Gasteiger partial charge in [-0.1, -0.05) is 24.6 Å². The van der Waals surface area contributed by atoms with E-state index in [-0.39, 0.29) is 0 Å². The molecule has 0 N–H and O–H groups in total. The predicted molar refractivity (Wildman–Crippen MR) is 51.2 cm³/mol. The van der Waals surface area contributed by atoms with E-state index in [2.05, 4.69) is 0 Å². The molecular formula is C10H7ClF4O. The van der Waals surface area contributed by atoms with Crippen molar-refractivity contribution in [1.29, 1.82) is 0 Å². The molecule has 0 spiro atoms. The summed E-state index contributed by atoms with van der Waals surface area (Å²) in [6.07, 6.45) is -4.81. The quantitative estimate of drug-likeness (QED) is 0.580. The van der Waals surface area contributed by atoms with Gasteiger partial charge in [-0.15, -0.1) is 0 Å². The fourth-order valence-electron chi connectivity index (χ4n) is 1.22. The number of carbonyl (C=O) groups excluding carboxylic acids is 1. The molecule has 1 nitrogen and oxygen atoms in total. The zero-order valence-electron chi connectivity index (χ0n) is 8.16. The number of benzene rings is 1. The largest absolute Gasteiger partial charge is 0.455 e. The molecule has 0 aromatic heterocycles. The Bertz CT molecular complexity index is 426. The van der Waals surface area contributed by atoms with E-state index >= 15 is 0 Å². The van der Waals surface area contributed by atoms with Crippen molar-refractivity contribution < 1.29 is 22.4 Å². The zero-order chi connectivity index (χ0) is 12.5. The number of ketones is 1. The Morgan fingerprint density at radius 2 is 1.94 bits per heavy atom. The molecule has 0 radical (unpaired) electrons. The SMILES string of the molecule is CCc1ccc(F)c(C(=O)C(F)(F)F)c1Cl. The Labute approximate surface area is 94.0 Å². The minimum Gasteiger partial charge on any atom is -0.284 e. The van der Waals surface area contributed by atoms with Gasteiger partial charge in [-0.25, -0.2) is 4.39 Å². The molecule has 0 atom stereocenters. The monoisotopic (exact) mass is 254 g/mol. The van der Waals surface area contributed by atoms with Crippen LogP contribution in [0.3, 0.4) is 0 Å². The molecule has 0 aliphatic carbocycles. The molecule has 6 heteroatoms. The smallest absolute Gasteiger partial charge is 0.284 e. The third-order valence-electron chi connectivity index (χ3n) is 2.04. The van der Waals surface area contributed by atoms with Crippen molar-refractivity contribution in [3.05, 3.63) is 34.1 Å². The van der Waals surface area contributed by atoms with E-state index in [0.717, 1.165) is 6.07 Å². The first kappa shape index (κ1) is 13.0. The van der Waals surface area contributed by atoms with Gasteiger partial charge in [0.1, 0.15) is 5.82 Å². The molecule has 0 amide bonds. The summed E-state index contributed by atoms with van der Waals surface area (Å²) >= 11 is 5.55. The lowest BCUT2D eigenvalue weighted by molar-refractivity contribution is -0.0887. The van der Waals surface area contributed by atoms with Crippen LogP contribution in [0.1, 0.15) is 22.8 Å². The molecule has 16 heavy (non-hydrogen) atoms. The van der Waals surface area contributed by atoms with Crippen LogP contribution in [-0.4, -0.2) is 12.0 Å². The first-order valence-electron chi connectivity index (χ1n) is 4.37. The lowest BCUT2D eigenvalue weighted by Crippen LogP contribution is -2.24. The van der Waals surface area contributed by atoms with Crippen LogP contribution in [0.15, 0.2) is 12.1 Å². The molecule has 88 valence electrons. The highest BCUT2D eigenvalue weighted by Gasteiger charge is 2.42. The maximum absolute atomic E-state index is 13.1. The zero-order valence-corrected chi connectivity index (χ0v) is 8.92. The molecule has 0 heterocycles. The van der Waals surface area contributed by atoms with Crippen molar-refractivity contribution in [3.63, 3.8) is 0 Å². The first-order valence-corrected chi connectivity index (χ1v) is 4.75. The highest BCUT2D eigenvalue weighted by atomic mass is 35.5. The molecule has 1 aromatic carbocycles. The lowest BCUT2D eigenvalue weighted by Gasteiger charge is -2.10. The second kappa shape index (κ2) is 4.41. The summed E-state index contributed by atoms with van der Waals surface area (Å²) in [6.45, 7) is 1.64. The molecule has 1 rings (SSSR count). The maximum Gasteiger partial charge on any atom is 0.455 e. The third-order valence-corrected chi connectivity index (χ3v) is 2.47. The van der Waals surface area contributed by atoms with Crippen LogP contribution in [-0.2, 0) is 6.42 Å². The van der Waals surface area contributed by atoms with Gasteiger partial charge in [-0.2, -0.15) is 13.2 Å². The van der Waals surface area contributed by atoms with Crippen molar-refractivity contribution in [2.24, 2.45) is 0 Å². The Hall–Kier alpha value is -1.10. The van der Waals surface area contributed by atoms with E-state index < -0.39 is 28.4 Å². The first-order chi connectivity index (χ1) is 7.29. The minimum atomic E-state index is -5.13. The summed E-state index contributed by atoms with van der Waals surface area (Å²) in [6, 6.07) is 2.06. The summed E-state index contributed by atoms with van der Waals surface area (Å²) in [4.78, 5) is 10.9. The Balaban J connectivity index is 3.38. The summed E-state index contributed by atoms with van der Waals surface area (Å²) in [5.41, 5.74) is -0.802. The number of hydrogen-bond donors (Lipinski definition) is 0. The van der Waals surface area contributed by atoms with Gasteiger partial charge in [0, 0.05) is 0 Å². The average molecular weight is 255 g/mol. The maximum atomic E-state index is 13.1. The fourth-order valence-corrected chi connectivity index (χ4v) is 1.59. The third kappa shape index (κ3) is 2.35. The van der Waals surface area contributed by atoms with Crippen LogP contribution in [0.25, 0.3) is 0 Å². The topological polar surface area (TPSA) is 17.1 Å². The van der Waals surface area contributed by atoms with Crippen LogP contribution in [0.4, 0.5) is 17.6 Å². The molecule has 0 fully saturated rings. The molecule has 0 aliphatic rings. The van der Waals surface area contributed by atoms with E-state index in [1.54, 1.807) is 6.92 Å². The molecule has 1 aromatic rings. The Kier molecular flexibility index (Phi) is 3.57. The van der Waals surface area contributed by atoms with Crippen molar-refractivity contribution >= 4 is 17.4 Å². The van der Waals surface area contributed by atoms with E-state index in [9.17, 15) is 22.4 Å². The molecular weight excluding hydrogens is 248 g/mol. The number of aryl methyl sites for hydroxylation is 1. The van der Waals surface area contributed by atoms with Crippen LogP contribution in [0.5, 0.6) is 0 Å². The predicted octanol–water partition coefficient (Wildman–Crippen LogP) is 3.79. The lowest BCUT2D eigenvalue weighted by atomic mass is 10.0. The Morgan fingerprint density at radius 3 is 2.38 bits per heavy atom. The van der Waals surface area contributed by atoms with Crippen molar-refractivity contribution in [2.45, 2.75) is 19.5 Å². The molecule has 0 bridgehead atoms. The van der Waals surface area contributed by atoms with Crippen molar-refractivity contribution in [2.75, 3.05) is 0 Å². The van der Waals surface area contributed by atoms with Gasteiger partial charge >= 0.3 is 6.18 Å².